The second-order valence-electron chi connectivity index (χ2n) is 9.52. The van der Waals surface area contributed by atoms with E-state index in [0.29, 0.717) is 17.5 Å². The molecule has 0 amide bonds. The fourth-order valence-corrected chi connectivity index (χ4v) is 5.27. The summed E-state index contributed by atoms with van der Waals surface area (Å²) in [7, 11) is 0. The van der Waals surface area contributed by atoms with E-state index in [1.807, 2.05) is 30.3 Å². The highest BCUT2D eigenvalue weighted by Gasteiger charge is 2.13. The monoisotopic (exact) mass is 563 g/mol. The van der Waals surface area contributed by atoms with Gasteiger partial charge in [0.2, 0.25) is 0 Å². The molecule has 1 heterocycles. The first-order valence-corrected chi connectivity index (χ1v) is 13.6. The van der Waals surface area contributed by atoms with Crippen molar-refractivity contribution in [3.8, 4) is 45.3 Å². The van der Waals surface area contributed by atoms with Crippen molar-refractivity contribution in [2.75, 3.05) is 0 Å². The fourth-order valence-electron chi connectivity index (χ4n) is 4.89. The number of rotatable bonds is 4. The molecular formula is C35H22BrN3. The average molecular weight is 564 g/mol. The van der Waals surface area contributed by atoms with Gasteiger partial charge in [-0.2, -0.15) is 0 Å². The maximum atomic E-state index is 4.94. The van der Waals surface area contributed by atoms with Gasteiger partial charge in [0.1, 0.15) is 0 Å². The Labute approximate surface area is 235 Å². The van der Waals surface area contributed by atoms with Gasteiger partial charge in [-0.05, 0) is 56.9 Å². The quantitative estimate of drug-likeness (QED) is 0.214. The van der Waals surface area contributed by atoms with Crippen LogP contribution in [0.1, 0.15) is 0 Å². The molecule has 0 spiro atoms. The van der Waals surface area contributed by atoms with Gasteiger partial charge < -0.3 is 0 Å². The Morgan fingerprint density at radius 2 is 0.795 bits per heavy atom. The van der Waals surface area contributed by atoms with Gasteiger partial charge in [-0.1, -0.05) is 125 Å². The van der Waals surface area contributed by atoms with Crippen LogP contribution in [-0.2, 0) is 0 Å². The van der Waals surface area contributed by atoms with Gasteiger partial charge >= 0.3 is 0 Å². The van der Waals surface area contributed by atoms with Crippen molar-refractivity contribution in [2.24, 2.45) is 0 Å². The summed E-state index contributed by atoms with van der Waals surface area (Å²) in [4.78, 5) is 14.7. The maximum Gasteiger partial charge on any atom is 0.164 e. The van der Waals surface area contributed by atoms with Gasteiger partial charge in [0.15, 0.2) is 17.5 Å². The molecule has 0 bridgehead atoms. The number of benzene rings is 6. The Balaban J connectivity index is 1.32. The molecule has 3 nitrogen and oxygen atoms in total. The van der Waals surface area contributed by atoms with Crippen LogP contribution in [0.15, 0.2) is 138 Å². The molecule has 1 aromatic heterocycles. The zero-order chi connectivity index (χ0) is 26.2. The Hall–Kier alpha value is -4.67. The predicted molar refractivity (Wildman–Crippen MR) is 164 cm³/mol. The van der Waals surface area contributed by atoms with Crippen LogP contribution in [0.25, 0.3) is 66.8 Å². The normalized spacial score (nSPS) is 11.2. The standard InChI is InChI=1S/C35H22BrN3/c36-32-19-18-29-21-31(17-16-30(29)22-32)35-38-33(25-7-2-1-3-8-25)37-34(39-35)26-13-10-24(11-14-26)28-15-12-23-6-4-5-9-27(23)20-28/h1-22H. The molecule has 0 radical (unpaired) electrons. The third-order valence-electron chi connectivity index (χ3n) is 6.95. The van der Waals surface area contributed by atoms with Crippen LogP contribution in [0.3, 0.4) is 0 Å². The van der Waals surface area contributed by atoms with E-state index in [-0.39, 0.29) is 0 Å². The smallest absolute Gasteiger partial charge is 0.164 e. The van der Waals surface area contributed by atoms with Crippen LogP contribution in [-0.4, -0.2) is 15.0 Å². The summed E-state index contributed by atoms with van der Waals surface area (Å²) in [6, 6.07) is 46.1. The van der Waals surface area contributed by atoms with Crippen LogP contribution in [0, 0.1) is 0 Å². The van der Waals surface area contributed by atoms with Crippen molar-refractivity contribution < 1.29 is 0 Å². The molecule has 0 aliphatic rings. The van der Waals surface area contributed by atoms with Gasteiger partial charge in [-0.3, -0.25) is 0 Å². The minimum Gasteiger partial charge on any atom is -0.208 e. The molecule has 39 heavy (non-hydrogen) atoms. The number of nitrogens with zero attached hydrogens (tertiary/aromatic N) is 3. The van der Waals surface area contributed by atoms with E-state index in [9.17, 15) is 0 Å². The molecule has 184 valence electrons. The van der Waals surface area contributed by atoms with Crippen molar-refractivity contribution >= 4 is 37.5 Å². The van der Waals surface area contributed by atoms with Gasteiger partial charge in [-0.25, -0.2) is 15.0 Å². The first-order valence-electron chi connectivity index (χ1n) is 12.8. The number of aromatic nitrogens is 3. The van der Waals surface area contributed by atoms with E-state index in [0.717, 1.165) is 37.5 Å². The minimum absolute atomic E-state index is 0.653. The summed E-state index contributed by atoms with van der Waals surface area (Å²) >= 11 is 3.56. The van der Waals surface area contributed by atoms with Crippen molar-refractivity contribution in [1.82, 2.24) is 15.0 Å². The molecule has 0 saturated carbocycles. The number of halogens is 1. The lowest BCUT2D eigenvalue weighted by Crippen LogP contribution is -2.00. The van der Waals surface area contributed by atoms with Crippen LogP contribution < -0.4 is 0 Å². The summed E-state index contributed by atoms with van der Waals surface area (Å²) in [5.74, 6) is 1.97. The molecule has 0 unspecified atom stereocenters. The number of hydrogen-bond donors (Lipinski definition) is 0. The maximum absolute atomic E-state index is 4.94. The highest BCUT2D eigenvalue weighted by Crippen LogP contribution is 2.30. The van der Waals surface area contributed by atoms with Crippen molar-refractivity contribution in [1.29, 1.82) is 0 Å². The second kappa shape index (κ2) is 9.90. The molecule has 0 atom stereocenters. The van der Waals surface area contributed by atoms with E-state index in [4.69, 9.17) is 15.0 Å². The van der Waals surface area contributed by atoms with E-state index in [2.05, 4.69) is 119 Å². The van der Waals surface area contributed by atoms with Gasteiger partial charge in [0.05, 0.1) is 0 Å². The molecule has 0 aliphatic carbocycles. The van der Waals surface area contributed by atoms with Crippen LogP contribution >= 0.6 is 15.9 Å². The third kappa shape index (κ3) is 4.71. The topological polar surface area (TPSA) is 38.7 Å². The van der Waals surface area contributed by atoms with Gasteiger partial charge in [-0.15, -0.1) is 0 Å². The molecule has 0 fully saturated rings. The van der Waals surface area contributed by atoms with E-state index >= 15 is 0 Å². The lowest BCUT2D eigenvalue weighted by atomic mass is 10.00. The summed E-state index contributed by atoms with van der Waals surface area (Å²) in [6.45, 7) is 0. The lowest BCUT2D eigenvalue weighted by Gasteiger charge is -2.10. The SMILES string of the molecule is Brc1ccc2cc(-c3nc(-c4ccccc4)nc(-c4ccc(-c5ccc6ccccc6c5)cc4)n3)ccc2c1. The Kier molecular flexibility index (Phi) is 5.95. The number of hydrogen-bond acceptors (Lipinski definition) is 3. The van der Waals surface area contributed by atoms with E-state index in [1.54, 1.807) is 0 Å². The molecule has 7 aromatic rings. The predicted octanol–water partition coefficient (Wildman–Crippen LogP) is 9.61. The largest absolute Gasteiger partial charge is 0.208 e. The van der Waals surface area contributed by atoms with Crippen molar-refractivity contribution in [3.63, 3.8) is 0 Å². The molecule has 0 saturated heterocycles. The first kappa shape index (κ1) is 23.4. The summed E-state index contributed by atoms with van der Waals surface area (Å²) in [6.07, 6.45) is 0. The van der Waals surface area contributed by atoms with Gasteiger partial charge in [0, 0.05) is 21.2 Å². The van der Waals surface area contributed by atoms with Crippen molar-refractivity contribution in [2.45, 2.75) is 0 Å². The summed E-state index contributed by atoms with van der Waals surface area (Å²) in [5, 5.41) is 4.77. The Bertz CT molecular complexity index is 1970. The zero-order valence-electron chi connectivity index (χ0n) is 20.9. The van der Waals surface area contributed by atoms with Crippen LogP contribution in [0.5, 0.6) is 0 Å². The molecule has 6 aromatic carbocycles. The van der Waals surface area contributed by atoms with Crippen molar-refractivity contribution in [3.05, 3.63) is 138 Å². The Morgan fingerprint density at radius 1 is 0.333 bits per heavy atom. The zero-order valence-corrected chi connectivity index (χ0v) is 22.5. The molecule has 0 N–H and O–H groups in total. The molecule has 7 rings (SSSR count). The lowest BCUT2D eigenvalue weighted by molar-refractivity contribution is 1.07. The van der Waals surface area contributed by atoms with E-state index < -0.39 is 0 Å². The van der Waals surface area contributed by atoms with Crippen LogP contribution in [0.2, 0.25) is 0 Å². The molecular weight excluding hydrogens is 542 g/mol. The fraction of sp³-hybridized carbons (Fsp3) is 0. The van der Waals surface area contributed by atoms with Crippen LogP contribution in [0.4, 0.5) is 0 Å². The summed E-state index contributed by atoms with van der Waals surface area (Å²) < 4.78 is 1.06. The number of fused-ring (bicyclic) bond motifs is 2. The first-order chi connectivity index (χ1) is 19.2. The Morgan fingerprint density at radius 3 is 1.56 bits per heavy atom. The third-order valence-corrected chi connectivity index (χ3v) is 7.45. The van der Waals surface area contributed by atoms with Gasteiger partial charge in [0.25, 0.3) is 0 Å². The molecule has 4 heteroatoms. The summed E-state index contributed by atoms with van der Waals surface area (Å²) in [5.41, 5.74) is 5.20. The van der Waals surface area contributed by atoms with E-state index in [1.165, 1.54) is 16.3 Å². The minimum atomic E-state index is 0.653. The highest BCUT2D eigenvalue weighted by molar-refractivity contribution is 9.10. The average Bonchev–Trinajstić information content (AvgIpc) is 3.01. The highest BCUT2D eigenvalue weighted by atomic mass is 79.9. The molecule has 0 aliphatic heterocycles. The second-order valence-corrected chi connectivity index (χ2v) is 10.4.